The standard InChI is InChI=1S/C17H21N3O2S/c1-13-4-2-3-5-15(13)20-11-14(10-19-20)16(21)18-12-17(22)6-8-23-9-7-17/h2-5,10-11,22H,6-9,12H2,1H3,(H,18,21). The van der Waals surface area contributed by atoms with Crippen LogP contribution in [0.25, 0.3) is 5.69 Å². The van der Waals surface area contributed by atoms with Gasteiger partial charge in [0, 0.05) is 12.7 Å². The Kier molecular flexibility index (Phi) is 4.73. The van der Waals surface area contributed by atoms with Crippen LogP contribution in [0.3, 0.4) is 0 Å². The maximum Gasteiger partial charge on any atom is 0.254 e. The van der Waals surface area contributed by atoms with Gasteiger partial charge in [0.05, 0.1) is 23.0 Å². The number of carbonyl (C=O) groups excluding carboxylic acids is 1. The van der Waals surface area contributed by atoms with Crippen molar-refractivity contribution in [1.82, 2.24) is 15.1 Å². The Hall–Kier alpha value is -1.79. The highest BCUT2D eigenvalue weighted by Crippen LogP contribution is 2.26. The lowest BCUT2D eigenvalue weighted by molar-refractivity contribution is 0.0311. The number of para-hydroxylation sites is 1. The zero-order valence-corrected chi connectivity index (χ0v) is 14.0. The number of carbonyl (C=O) groups is 1. The first-order valence-electron chi connectivity index (χ1n) is 7.76. The number of nitrogens with one attached hydrogen (secondary N) is 1. The van der Waals surface area contributed by atoms with Crippen molar-refractivity contribution in [3.8, 4) is 5.69 Å². The van der Waals surface area contributed by atoms with Crippen molar-refractivity contribution in [1.29, 1.82) is 0 Å². The first kappa shape index (κ1) is 16.1. The van der Waals surface area contributed by atoms with Gasteiger partial charge in [-0.1, -0.05) is 18.2 Å². The van der Waals surface area contributed by atoms with Gasteiger partial charge in [-0.2, -0.15) is 16.9 Å². The minimum atomic E-state index is -0.771. The fourth-order valence-electron chi connectivity index (χ4n) is 2.67. The molecule has 0 spiro atoms. The van der Waals surface area contributed by atoms with Crippen molar-refractivity contribution in [2.24, 2.45) is 0 Å². The topological polar surface area (TPSA) is 67.2 Å². The molecule has 3 rings (SSSR count). The van der Waals surface area contributed by atoms with Crippen LogP contribution >= 0.6 is 11.8 Å². The molecule has 6 heteroatoms. The molecule has 0 atom stereocenters. The molecule has 2 aromatic rings. The molecule has 23 heavy (non-hydrogen) atoms. The van der Waals surface area contributed by atoms with Crippen LogP contribution < -0.4 is 5.32 Å². The van der Waals surface area contributed by atoms with E-state index in [1.165, 1.54) is 0 Å². The SMILES string of the molecule is Cc1ccccc1-n1cc(C(=O)NCC2(O)CCSCC2)cn1. The minimum Gasteiger partial charge on any atom is -0.388 e. The van der Waals surface area contributed by atoms with Gasteiger partial charge in [-0.05, 0) is 42.9 Å². The lowest BCUT2D eigenvalue weighted by Crippen LogP contribution is -2.45. The molecule has 0 bridgehead atoms. The van der Waals surface area contributed by atoms with Crippen molar-refractivity contribution in [2.45, 2.75) is 25.4 Å². The summed E-state index contributed by atoms with van der Waals surface area (Å²) in [6.45, 7) is 2.30. The maximum atomic E-state index is 12.3. The Bertz CT molecular complexity index is 693. The molecule has 1 aromatic heterocycles. The van der Waals surface area contributed by atoms with E-state index >= 15 is 0 Å². The molecule has 1 fully saturated rings. The second-order valence-electron chi connectivity index (χ2n) is 5.98. The third-order valence-corrected chi connectivity index (χ3v) is 5.19. The summed E-state index contributed by atoms with van der Waals surface area (Å²) < 4.78 is 1.70. The molecule has 1 saturated heterocycles. The average molecular weight is 331 g/mol. The third kappa shape index (κ3) is 3.76. The van der Waals surface area contributed by atoms with Crippen LogP contribution in [0, 0.1) is 6.92 Å². The Balaban J connectivity index is 1.66. The molecule has 5 nitrogen and oxygen atoms in total. The van der Waals surface area contributed by atoms with Gasteiger partial charge in [0.15, 0.2) is 0 Å². The normalized spacial score (nSPS) is 17.0. The van der Waals surface area contributed by atoms with E-state index in [0.29, 0.717) is 12.1 Å². The summed E-state index contributed by atoms with van der Waals surface area (Å²) in [6.07, 6.45) is 4.72. The summed E-state index contributed by atoms with van der Waals surface area (Å²) in [5.41, 5.74) is 1.78. The first-order valence-corrected chi connectivity index (χ1v) is 8.92. The lowest BCUT2D eigenvalue weighted by atomic mass is 9.97. The van der Waals surface area contributed by atoms with Gasteiger partial charge in [0.2, 0.25) is 0 Å². The van der Waals surface area contributed by atoms with E-state index in [0.717, 1.165) is 35.6 Å². The largest absolute Gasteiger partial charge is 0.388 e. The number of benzene rings is 1. The van der Waals surface area contributed by atoms with Crippen LogP contribution in [0.4, 0.5) is 0 Å². The number of aryl methyl sites for hydroxylation is 1. The van der Waals surface area contributed by atoms with Gasteiger partial charge >= 0.3 is 0 Å². The fraction of sp³-hybridized carbons (Fsp3) is 0.412. The Morgan fingerprint density at radius 3 is 2.87 bits per heavy atom. The van der Waals surface area contributed by atoms with Crippen LogP contribution in [0.1, 0.15) is 28.8 Å². The molecule has 1 aliphatic rings. The van der Waals surface area contributed by atoms with Crippen LogP contribution in [0.5, 0.6) is 0 Å². The van der Waals surface area contributed by atoms with E-state index in [-0.39, 0.29) is 5.91 Å². The summed E-state index contributed by atoms with van der Waals surface area (Å²) >= 11 is 1.84. The van der Waals surface area contributed by atoms with Crippen LogP contribution in [-0.4, -0.2) is 44.4 Å². The number of amides is 1. The van der Waals surface area contributed by atoms with Crippen molar-refractivity contribution in [3.63, 3.8) is 0 Å². The maximum absolute atomic E-state index is 12.3. The fourth-order valence-corrected chi connectivity index (χ4v) is 3.92. The highest BCUT2D eigenvalue weighted by molar-refractivity contribution is 7.99. The van der Waals surface area contributed by atoms with Crippen molar-refractivity contribution >= 4 is 17.7 Å². The number of hydrogen-bond donors (Lipinski definition) is 2. The molecular formula is C17H21N3O2S. The van der Waals surface area contributed by atoms with Crippen LogP contribution in [-0.2, 0) is 0 Å². The van der Waals surface area contributed by atoms with Gasteiger partial charge in [-0.25, -0.2) is 4.68 Å². The van der Waals surface area contributed by atoms with Crippen LogP contribution in [0.15, 0.2) is 36.7 Å². The molecule has 1 aromatic carbocycles. The van der Waals surface area contributed by atoms with Crippen molar-refractivity contribution in [3.05, 3.63) is 47.8 Å². The van der Waals surface area contributed by atoms with E-state index in [4.69, 9.17) is 0 Å². The van der Waals surface area contributed by atoms with E-state index in [1.807, 2.05) is 43.0 Å². The molecule has 0 unspecified atom stereocenters. The number of rotatable bonds is 4. The molecule has 122 valence electrons. The first-order chi connectivity index (χ1) is 11.1. The molecular weight excluding hydrogens is 310 g/mol. The molecule has 0 radical (unpaired) electrons. The number of thioether (sulfide) groups is 1. The highest BCUT2D eigenvalue weighted by Gasteiger charge is 2.30. The summed E-state index contributed by atoms with van der Waals surface area (Å²) in [4.78, 5) is 12.3. The summed E-state index contributed by atoms with van der Waals surface area (Å²) in [5, 5.41) is 17.5. The van der Waals surface area contributed by atoms with Gasteiger partial charge in [0.1, 0.15) is 0 Å². The minimum absolute atomic E-state index is 0.198. The zero-order chi connectivity index (χ0) is 16.3. The van der Waals surface area contributed by atoms with E-state index in [2.05, 4.69) is 10.4 Å². The van der Waals surface area contributed by atoms with E-state index in [1.54, 1.807) is 17.1 Å². The van der Waals surface area contributed by atoms with E-state index < -0.39 is 5.60 Å². The predicted molar refractivity (Wildman–Crippen MR) is 92.1 cm³/mol. The second kappa shape index (κ2) is 6.76. The molecule has 1 aliphatic heterocycles. The van der Waals surface area contributed by atoms with Crippen molar-refractivity contribution in [2.75, 3.05) is 18.1 Å². The monoisotopic (exact) mass is 331 g/mol. The summed E-state index contributed by atoms with van der Waals surface area (Å²) in [6, 6.07) is 7.89. The quantitative estimate of drug-likeness (QED) is 0.901. The molecule has 2 heterocycles. The third-order valence-electron chi connectivity index (χ3n) is 4.21. The Labute approximate surface area is 140 Å². The Morgan fingerprint density at radius 1 is 1.39 bits per heavy atom. The number of aliphatic hydroxyl groups is 1. The predicted octanol–water partition coefficient (Wildman–Crippen LogP) is 2.17. The molecule has 2 N–H and O–H groups in total. The Morgan fingerprint density at radius 2 is 2.13 bits per heavy atom. The number of hydrogen-bond acceptors (Lipinski definition) is 4. The van der Waals surface area contributed by atoms with E-state index in [9.17, 15) is 9.90 Å². The van der Waals surface area contributed by atoms with Gasteiger partial charge < -0.3 is 10.4 Å². The van der Waals surface area contributed by atoms with Crippen molar-refractivity contribution < 1.29 is 9.90 Å². The zero-order valence-electron chi connectivity index (χ0n) is 13.2. The number of nitrogens with zero attached hydrogens (tertiary/aromatic N) is 2. The summed E-state index contributed by atoms with van der Waals surface area (Å²) in [5.74, 6) is 1.69. The van der Waals surface area contributed by atoms with Gasteiger partial charge in [-0.3, -0.25) is 4.79 Å². The summed E-state index contributed by atoms with van der Waals surface area (Å²) in [7, 11) is 0. The molecule has 0 aliphatic carbocycles. The highest BCUT2D eigenvalue weighted by atomic mass is 32.2. The average Bonchev–Trinajstić information content (AvgIpc) is 3.04. The van der Waals surface area contributed by atoms with Crippen LogP contribution in [0.2, 0.25) is 0 Å². The lowest BCUT2D eigenvalue weighted by Gasteiger charge is -2.31. The molecule has 0 saturated carbocycles. The smallest absolute Gasteiger partial charge is 0.254 e. The number of aromatic nitrogens is 2. The van der Waals surface area contributed by atoms with Gasteiger partial charge in [0.25, 0.3) is 5.91 Å². The second-order valence-corrected chi connectivity index (χ2v) is 7.20. The van der Waals surface area contributed by atoms with Gasteiger partial charge in [-0.15, -0.1) is 0 Å². The molecule has 1 amide bonds.